The Labute approximate surface area is 132 Å². The molecule has 0 amide bonds. The van der Waals surface area contributed by atoms with Gasteiger partial charge < -0.3 is 10.1 Å². The van der Waals surface area contributed by atoms with Crippen molar-refractivity contribution in [3.63, 3.8) is 0 Å². The standard InChI is InChI=1S/C17H28BrNO/c1-4-7-8-16(19-11-5-2)14-9-10-17(15(18)13-14)20-12-6-3/h9-10,13,16,19H,4-8,11-12H2,1-3H3. The number of unbranched alkanes of at least 4 members (excludes halogenated alkanes) is 1. The van der Waals surface area contributed by atoms with Crippen LogP contribution in [0.5, 0.6) is 5.75 Å². The highest BCUT2D eigenvalue weighted by Crippen LogP contribution is 2.30. The van der Waals surface area contributed by atoms with Crippen LogP contribution in [0.4, 0.5) is 0 Å². The molecule has 1 aromatic rings. The van der Waals surface area contributed by atoms with E-state index >= 15 is 0 Å². The average molecular weight is 342 g/mol. The minimum absolute atomic E-state index is 0.450. The molecule has 1 N–H and O–H groups in total. The second kappa shape index (κ2) is 10.2. The molecular weight excluding hydrogens is 314 g/mol. The molecule has 0 aliphatic heterocycles. The van der Waals surface area contributed by atoms with E-state index in [0.29, 0.717) is 6.04 Å². The van der Waals surface area contributed by atoms with Crippen molar-refractivity contribution in [1.82, 2.24) is 5.32 Å². The highest BCUT2D eigenvalue weighted by molar-refractivity contribution is 9.10. The third-order valence-corrected chi connectivity index (χ3v) is 3.93. The van der Waals surface area contributed by atoms with Gasteiger partial charge in [0.2, 0.25) is 0 Å². The van der Waals surface area contributed by atoms with E-state index in [4.69, 9.17) is 4.74 Å². The predicted octanol–water partition coefficient (Wildman–Crippen LogP) is 5.47. The molecule has 0 saturated heterocycles. The van der Waals surface area contributed by atoms with Gasteiger partial charge in [0, 0.05) is 6.04 Å². The highest BCUT2D eigenvalue weighted by Gasteiger charge is 2.12. The molecule has 0 spiro atoms. The summed E-state index contributed by atoms with van der Waals surface area (Å²) in [5.74, 6) is 0.945. The number of hydrogen-bond donors (Lipinski definition) is 1. The molecule has 0 fully saturated rings. The maximum atomic E-state index is 5.72. The van der Waals surface area contributed by atoms with Gasteiger partial charge in [-0.3, -0.25) is 0 Å². The Bertz CT molecular complexity index is 373. The summed E-state index contributed by atoms with van der Waals surface area (Å²) >= 11 is 3.63. The van der Waals surface area contributed by atoms with Crippen molar-refractivity contribution in [3.8, 4) is 5.75 Å². The molecule has 0 heterocycles. The van der Waals surface area contributed by atoms with Crippen LogP contribution in [0.3, 0.4) is 0 Å². The van der Waals surface area contributed by atoms with Crippen molar-refractivity contribution < 1.29 is 4.74 Å². The van der Waals surface area contributed by atoms with Crippen molar-refractivity contribution in [2.24, 2.45) is 0 Å². The van der Waals surface area contributed by atoms with Crippen molar-refractivity contribution in [1.29, 1.82) is 0 Å². The summed E-state index contributed by atoms with van der Waals surface area (Å²) in [6.07, 6.45) is 5.89. The molecule has 0 bridgehead atoms. The summed E-state index contributed by atoms with van der Waals surface area (Å²) in [6, 6.07) is 6.93. The van der Waals surface area contributed by atoms with Crippen LogP contribution in [0, 0.1) is 0 Å². The lowest BCUT2D eigenvalue weighted by molar-refractivity contribution is 0.315. The zero-order valence-corrected chi connectivity index (χ0v) is 14.6. The summed E-state index contributed by atoms with van der Waals surface area (Å²) in [5, 5.41) is 3.65. The zero-order chi connectivity index (χ0) is 14.8. The summed E-state index contributed by atoms with van der Waals surface area (Å²) < 4.78 is 6.77. The molecule has 1 aromatic carbocycles. The molecule has 1 unspecified atom stereocenters. The van der Waals surface area contributed by atoms with Crippen LogP contribution >= 0.6 is 15.9 Å². The van der Waals surface area contributed by atoms with Gasteiger partial charge in [-0.25, -0.2) is 0 Å². The second-order valence-electron chi connectivity index (χ2n) is 5.19. The fourth-order valence-electron chi connectivity index (χ4n) is 2.18. The first-order valence-electron chi connectivity index (χ1n) is 7.88. The normalized spacial score (nSPS) is 12.4. The van der Waals surface area contributed by atoms with Crippen LogP contribution in [0.2, 0.25) is 0 Å². The number of halogens is 1. The SMILES string of the molecule is CCCCC(NCCC)c1ccc(OCCC)c(Br)c1. The van der Waals surface area contributed by atoms with Crippen LogP contribution in [0.25, 0.3) is 0 Å². The van der Waals surface area contributed by atoms with Gasteiger partial charge in [0.05, 0.1) is 11.1 Å². The maximum absolute atomic E-state index is 5.72. The molecule has 3 heteroatoms. The van der Waals surface area contributed by atoms with Crippen molar-refractivity contribution in [2.45, 2.75) is 58.9 Å². The number of benzene rings is 1. The predicted molar refractivity (Wildman–Crippen MR) is 90.5 cm³/mol. The smallest absolute Gasteiger partial charge is 0.133 e. The van der Waals surface area contributed by atoms with Crippen LogP contribution in [-0.4, -0.2) is 13.2 Å². The molecule has 0 aromatic heterocycles. The van der Waals surface area contributed by atoms with Crippen LogP contribution in [-0.2, 0) is 0 Å². The molecule has 1 atom stereocenters. The Balaban J connectivity index is 2.76. The monoisotopic (exact) mass is 341 g/mol. The maximum Gasteiger partial charge on any atom is 0.133 e. The van der Waals surface area contributed by atoms with E-state index in [0.717, 1.165) is 29.8 Å². The summed E-state index contributed by atoms with van der Waals surface area (Å²) in [7, 11) is 0. The Kier molecular flexibility index (Phi) is 8.95. The van der Waals surface area contributed by atoms with E-state index in [1.54, 1.807) is 0 Å². The molecule has 0 radical (unpaired) electrons. The minimum atomic E-state index is 0.450. The molecule has 114 valence electrons. The number of ether oxygens (including phenoxy) is 1. The first-order chi connectivity index (χ1) is 9.72. The molecular formula is C17H28BrNO. The molecule has 0 aliphatic carbocycles. The largest absolute Gasteiger partial charge is 0.492 e. The number of rotatable bonds is 10. The fourth-order valence-corrected chi connectivity index (χ4v) is 2.69. The Hall–Kier alpha value is -0.540. The topological polar surface area (TPSA) is 21.3 Å². The van der Waals surface area contributed by atoms with E-state index in [1.807, 2.05) is 0 Å². The van der Waals surface area contributed by atoms with Gasteiger partial charge in [-0.2, -0.15) is 0 Å². The van der Waals surface area contributed by atoms with Crippen molar-refractivity contribution >= 4 is 15.9 Å². The van der Waals surface area contributed by atoms with E-state index in [-0.39, 0.29) is 0 Å². The Morgan fingerprint density at radius 2 is 1.95 bits per heavy atom. The van der Waals surface area contributed by atoms with E-state index in [2.05, 4.69) is 60.2 Å². The van der Waals surface area contributed by atoms with E-state index in [1.165, 1.54) is 31.2 Å². The molecule has 20 heavy (non-hydrogen) atoms. The van der Waals surface area contributed by atoms with Gasteiger partial charge >= 0.3 is 0 Å². The summed E-state index contributed by atoms with van der Waals surface area (Å²) in [6.45, 7) is 8.42. The summed E-state index contributed by atoms with van der Waals surface area (Å²) in [5.41, 5.74) is 1.35. The highest BCUT2D eigenvalue weighted by atomic mass is 79.9. The quantitative estimate of drug-likeness (QED) is 0.609. The number of nitrogens with one attached hydrogen (secondary N) is 1. The molecule has 1 rings (SSSR count). The van der Waals surface area contributed by atoms with Gasteiger partial charge in [-0.1, -0.05) is 39.7 Å². The van der Waals surface area contributed by atoms with Crippen molar-refractivity contribution in [2.75, 3.05) is 13.2 Å². The van der Waals surface area contributed by atoms with E-state index < -0.39 is 0 Å². The van der Waals surface area contributed by atoms with Gasteiger partial charge in [0.25, 0.3) is 0 Å². The van der Waals surface area contributed by atoms with Crippen LogP contribution < -0.4 is 10.1 Å². The summed E-state index contributed by atoms with van der Waals surface area (Å²) in [4.78, 5) is 0. The van der Waals surface area contributed by atoms with Crippen LogP contribution in [0.1, 0.15) is 64.5 Å². The third-order valence-electron chi connectivity index (χ3n) is 3.31. The van der Waals surface area contributed by atoms with Crippen LogP contribution in [0.15, 0.2) is 22.7 Å². The zero-order valence-electron chi connectivity index (χ0n) is 13.0. The lowest BCUT2D eigenvalue weighted by Crippen LogP contribution is -2.22. The van der Waals surface area contributed by atoms with Crippen molar-refractivity contribution in [3.05, 3.63) is 28.2 Å². The first kappa shape index (κ1) is 17.5. The Morgan fingerprint density at radius 3 is 2.55 bits per heavy atom. The average Bonchev–Trinajstić information content (AvgIpc) is 2.46. The first-order valence-corrected chi connectivity index (χ1v) is 8.67. The molecule has 0 aliphatic rings. The van der Waals surface area contributed by atoms with Gasteiger partial charge in [-0.15, -0.1) is 0 Å². The molecule has 2 nitrogen and oxygen atoms in total. The fraction of sp³-hybridized carbons (Fsp3) is 0.647. The second-order valence-corrected chi connectivity index (χ2v) is 6.04. The lowest BCUT2D eigenvalue weighted by atomic mass is 10.0. The Morgan fingerprint density at radius 1 is 1.15 bits per heavy atom. The lowest BCUT2D eigenvalue weighted by Gasteiger charge is -2.20. The molecule has 0 saturated carbocycles. The number of hydrogen-bond acceptors (Lipinski definition) is 2. The van der Waals surface area contributed by atoms with Gasteiger partial charge in [-0.05, 0) is 59.4 Å². The van der Waals surface area contributed by atoms with Gasteiger partial charge in [0.1, 0.15) is 5.75 Å². The minimum Gasteiger partial charge on any atom is -0.492 e. The van der Waals surface area contributed by atoms with E-state index in [9.17, 15) is 0 Å². The third kappa shape index (κ3) is 5.84. The van der Waals surface area contributed by atoms with Gasteiger partial charge in [0.15, 0.2) is 0 Å².